The van der Waals surface area contributed by atoms with E-state index in [1.807, 2.05) is 0 Å². The van der Waals surface area contributed by atoms with Crippen LogP contribution >= 0.6 is 0 Å². The Kier molecular flexibility index (Phi) is 6.68. The van der Waals surface area contributed by atoms with E-state index in [2.05, 4.69) is 4.72 Å². The Balaban J connectivity index is 2.57. The van der Waals surface area contributed by atoms with E-state index >= 15 is 0 Å². The molecule has 2 amide bonds. The minimum absolute atomic E-state index is 0.0165. The first kappa shape index (κ1) is 21.5. The molecule has 0 spiro atoms. The van der Waals surface area contributed by atoms with Gasteiger partial charge in [-0.3, -0.25) is 0 Å². The largest absolute Gasteiger partial charge is 0.444 e. The summed E-state index contributed by atoms with van der Waals surface area (Å²) in [7, 11) is -4.08. The van der Waals surface area contributed by atoms with Crippen molar-refractivity contribution in [2.75, 3.05) is 13.1 Å². The van der Waals surface area contributed by atoms with E-state index in [0.717, 1.165) is 6.42 Å². The van der Waals surface area contributed by atoms with E-state index in [0.29, 0.717) is 13.0 Å². The average Bonchev–Trinajstić information content (AvgIpc) is 2.79. The predicted molar refractivity (Wildman–Crippen MR) is 92.3 cm³/mol. The zero-order valence-corrected chi connectivity index (χ0v) is 16.5. The van der Waals surface area contributed by atoms with Crippen LogP contribution in [0.25, 0.3) is 0 Å². The number of nitrogens with one attached hydrogen (secondary N) is 2. The Labute approximate surface area is 149 Å². The van der Waals surface area contributed by atoms with Gasteiger partial charge in [-0.05, 0) is 54.4 Å². The molecule has 0 aromatic carbocycles. The molecule has 0 aliphatic carbocycles. The number of hydrogen-bond donors (Lipinski definition) is 2. The minimum atomic E-state index is -4.08. The molecule has 0 aromatic rings. The molecule has 0 aromatic heterocycles. The Bertz CT molecular complexity index is 591. The van der Waals surface area contributed by atoms with Crippen molar-refractivity contribution in [1.29, 1.82) is 0 Å². The van der Waals surface area contributed by atoms with Crippen LogP contribution in [0.15, 0.2) is 0 Å². The van der Waals surface area contributed by atoms with Gasteiger partial charge in [-0.15, -0.1) is 0 Å². The first-order valence-electron chi connectivity index (χ1n) is 8.18. The highest BCUT2D eigenvalue weighted by Crippen LogP contribution is 2.20. The van der Waals surface area contributed by atoms with Crippen molar-refractivity contribution in [1.82, 2.24) is 14.3 Å². The van der Waals surface area contributed by atoms with Crippen molar-refractivity contribution < 1.29 is 27.5 Å². The minimum Gasteiger partial charge on any atom is -0.444 e. The topological polar surface area (TPSA) is 114 Å². The van der Waals surface area contributed by atoms with Crippen LogP contribution in [-0.4, -0.2) is 55.8 Å². The van der Waals surface area contributed by atoms with E-state index in [-0.39, 0.29) is 12.6 Å². The molecule has 1 rings (SSSR count). The van der Waals surface area contributed by atoms with E-state index in [9.17, 15) is 18.0 Å². The van der Waals surface area contributed by atoms with Crippen molar-refractivity contribution in [3.63, 3.8) is 0 Å². The highest BCUT2D eigenvalue weighted by molar-refractivity contribution is 7.88. The van der Waals surface area contributed by atoms with Crippen molar-refractivity contribution >= 4 is 22.4 Å². The third-order valence-electron chi connectivity index (χ3n) is 3.13. The number of carbonyl (C=O) groups excluding carboxylic acids is 2. The molecule has 1 aliphatic heterocycles. The van der Waals surface area contributed by atoms with Gasteiger partial charge in [-0.2, -0.15) is 13.1 Å². The Hall–Kier alpha value is -1.55. The van der Waals surface area contributed by atoms with Crippen LogP contribution in [0.4, 0.5) is 9.59 Å². The molecular formula is C15H29N3O6S. The fourth-order valence-corrected chi connectivity index (χ4v) is 3.00. The summed E-state index contributed by atoms with van der Waals surface area (Å²) in [5.74, 6) is 0. The van der Waals surface area contributed by atoms with Gasteiger partial charge < -0.3 is 14.4 Å². The quantitative estimate of drug-likeness (QED) is 0.769. The summed E-state index contributed by atoms with van der Waals surface area (Å²) in [6, 6.07) is -0.329. The third kappa shape index (κ3) is 8.39. The number of nitrogens with zero attached hydrogens (tertiary/aromatic N) is 1. The Morgan fingerprint density at radius 2 is 1.64 bits per heavy atom. The highest BCUT2D eigenvalue weighted by Gasteiger charge is 2.33. The zero-order valence-electron chi connectivity index (χ0n) is 15.7. The first-order valence-corrected chi connectivity index (χ1v) is 9.67. The number of likely N-dealkylation sites (tertiary alicyclic amines) is 1. The van der Waals surface area contributed by atoms with E-state index < -0.39 is 33.6 Å². The van der Waals surface area contributed by atoms with Gasteiger partial charge in [-0.1, -0.05) is 0 Å². The van der Waals surface area contributed by atoms with Gasteiger partial charge in [0.05, 0.1) is 0 Å². The summed E-state index contributed by atoms with van der Waals surface area (Å²) in [6.45, 7) is 10.7. The van der Waals surface area contributed by atoms with Crippen LogP contribution in [0.2, 0.25) is 0 Å². The van der Waals surface area contributed by atoms with Gasteiger partial charge in [-0.25, -0.2) is 14.3 Å². The third-order valence-corrected chi connectivity index (χ3v) is 4.11. The summed E-state index contributed by atoms with van der Waals surface area (Å²) in [5.41, 5.74) is -1.43. The monoisotopic (exact) mass is 379 g/mol. The molecule has 2 N–H and O–H groups in total. The van der Waals surface area contributed by atoms with E-state index in [4.69, 9.17) is 9.47 Å². The van der Waals surface area contributed by atoms with Crippen molar-refractivity contribution in [3.05, 3.63) is 0 Å². The molecule has 1 saturated heterocycles. The van der Waals surface area contributed by atoms with Gasteiger partial charge in [0.15, 0.2) is 0 Å². The SMILES string of the molecule is CC(C)(C)OC(=O)NS(=O)(=O)NCC1CCCN1C(=O)OC(C)(C)C. The van der Waals surface area contributed by atoms with Crippen LogP contribution in [-0.2, 0) is 19.7 Å². The van der Waals surface area contributed by atoms with Crippen LogP contribution in [0, 0.1) is 0 Å². The van der Waals surface area contributed by atoms with Crippen molar-refractivity contribution in [3.8, 4) is 0 Å². The van der Waals surface area contributed by atoms with Gasteiger partial charge >= 0.3 is 22.4 Å². The molecule has 1 fully saturated rings. The zero-order chi connectivity index (χ0) is 19.5. The lowest BCUT2D eigenvalue weighted by molar-refractivity contribution is 0.0229. The number of carbonyl (C=O) groups is 2. The molecule has 1 unspecified atom stereocenters. The first-order chi connectivity index (χ1) is 11.2. The fraction of sp³-hybridized carbons (Fsp3) is 0.867. The molecule has 1 heterocycles. The Morgan fingerprint density at radius 1 is 1.08 bits per heavy atom. The lowest BCUT2D eigenvalue weighted by Crippen LogP contribution is -2.48. The number of rotatable bonds is 4. The Morgan fingerprint density at radius 3 is 2.16 bits per heavy atom. The fourth-order valence-electron chi connectivity index (χ4n) is 2.26. The smallest absolute Gasteiger partial charge is 0.422 e. The standard InChI is InChI=1S/C15H29N3O6S/c1-14(2,3)23-12(19)17-25(21,22)16-10-11-8-7-9-18(11)13(20)24-15(4,5)6/h11,16H,7-10H2,1-6H3,(H,17,19). The maximum atomic E-state index is 12.2. The average molecular weight is 379 g/mol. The van der Waals surface area contributed by atoms with Crippen molar-refractivity contribution in [2.45, 2.75) is 71.6 Å². The van der Waals surface area contributed by atoms with Crippen LogP contribution < -0.4 is 9.44 Å². The van der Waals surface area contributed by atoms with Gasteiger partial charge in [0.2, 0.25) is 0 Å². The molecule has 0 bridgehead atoms. The second kappa shape index (κ2) is 7.77. The molecule has 1 atom stereocenters. The van der Waals surface area contributed by atoms with Crippen LogP contribution in [0.3, 0.4) is 0 Å². The van der Waals surface area contributed by atoms with Crippen molar-refractivity contribution in [2.24, 2.45) is 0 Å². The van der Waals surface area contributed by atoms with Crippen LogP contribution in [0.5, 0.6) is 0 Å². The second-order valence-electron chi connectivity index (χ2n) is 7.93. The molecule has 25 heavy (non-hydrogen) atoms. The molecule has 0 radical (unpaired) electrons. The normalized spacial score (nSPS) is 18.8. The molecule has 146 valence electrons. The summed E-state index contributed by atoms with van der Waals surface area (Å²) in [5, 5.41) is 0. The molecule has 1 aliphatic rings. The maximum Gasteiger partial charge on any atom is 0.422 e. The second-order valence-corrected chi connectivity index (χ2v) is 9.43. The number of ether oxygens (including phenoxy) is 2. The highest BCUT2D eigenvalue weighted by atomic mass is 32.2. The molecule has 0 saturated carbocycles. The van der Waals surface area contributed by atoms with Crippen LogP contribution in [0.1, 0.15) is 54.4 Å². The van der Waals surface area contributed by atoms with Gasteiger partial charge in [0.25, 0.3) is 0 Å². The van der Waals surface area contributed by atoms with Gasteiger partial charge in [0, 0.05) is 19.1 Å². The summed E-state index contributed by atoms with van der Waals surface area (Å²) in [6.07, 6.45) is -0.135. The van der Waals surface area contributed by atoms with E-state index in [1.165, 1.54) is 4.90 Å². The molecule has 9 nitrogen and oxygen atoms in total. The lowest BCUT2D eigenvalue weighted by Gasteiger charge is -2.28. The summed E-state index contributed by atoms with van der Waals surface area (Å²) < 4.78 is 38.2. The van der Waals surface area contributed by atoms with E-state index in [1.54, 1.807) is 46.3 Å². The summed E-state index contributed by atoms with van der Waals surface area (Å²) >= 11 is 0. The predicted octanol–water partition coefficient (Wildman–Crippen LogP) is 1.74. The lowest BCUT2D eigenvalue weighted by atomic mass is 10.2. The maximum absolute atomic E-state index is 12.2. The number of amides is 2. The molecular weight excluding hydrogens is 350 g/mol. The summed E-state index contributed by atoms with van der Waals surface area (Å²) in [4.78, 5) is 25.2. The van der Waals surface area contributed by atoms with Gasteiger partial charge in [0.1, 0.15) is 11.2 Å². The number of hydrogen-bond acceptors (Lipinski definition) is 6. The molecule has 10 heteroatoms.